The van der Waals surface area contributed by atoms with Crippen molar-refractivity contribution in [3.8, 4) is 0 Å². The molecule has 1 saturated heterocycles. The van der Waals surface area contributed by atoms with Crippen LogP contribution < -0.4 is 10.6 Å². The van der Waals surface area contributed by atoms with E-state index in [0.29, 0.717) is 19.6 Å². The van der Waals surface area contributed by atoms with E-state index < -0.39 is 5.97 Å². The van der Waals surface area contributed by atoms with E-state index >= 15 is 0 Å². The fraction of sp³-hybridized carbons (Fsp3) is 0.500. The molecular formula is C10H14N4O2. The van der Waals surface area contributed by atoms with E-state index in [2.05, 4.69) is 20.6 Å². The Bertz CT molecular complexity index is 364. The molecule has 2 rings (SSSR count). The van der Waals surface area contributed by atoms with Crippen molar-refractivity contribution >= 4 is 5.97 Å². The van der Waals surface area contributed by atoms with E-state index in [1.54, 1.807) is 6.20 Å². The molecule has 0 unspecified atom stereocenters. The third-order valence-electron chi connectivity index (χ3n) is 2.70. The van der Waals surface area contributed by atoms with E-state index in [9.17, 15) is 4.79 Å². The van der Waals surface area contributed by atoms with Gasteiger partial charge in [-0.25, -0.2) is 9.97 Å². The molecule has 1 fully saturated rings. The van der Waals surface area contributed by atoms with Crippen molar-refractivity contribution in [3.63, 3.8) is 0 Å². The number of nitrogens with one attached hydrogen (secondary N) is 2. The van der Waals surface area contributed by atoms with Crippen molar-refractivity contribution in [1.29, 1.82) is 0 Å². The Labute approximate surface area is 93.1 Å². The Kier molecular flexibility index (Phi) is 3.12. The van der Waals surface area contributed by atoms with Gasteiger partial charge in [0.15, 0.2) is 0 Å². The van der Waals surface area contributed by atoms with Crippen molar-refractivity contribution in [1.82, 2.24) is 20.6 Å². The second-order valence-electron chi connectivity index (χ2n) is 4.01. The standard InChI is InChI=1S/C10H14N4O2/c15-9(16)3-10(5-12-6-10)14-4-8-1-2-11-7-13-8/h1-2,7,12,14H,3-6H2,(H,15,16). The molecule has 1 aliphatic rings. The maximum absolute atomic E-state index is 10.7. The van der Waals surface area contributed by atoms with E-state index in [-0.39, 0.29) is 12.0 Å². The monoisotopic (exact) mass is 222 g/mol. The fourth-order valence-electron chi connectivity index (χ4n) is 1.73. The topological polar surface area (TPSA) is 87.1 Å². The van der Waals surface area contributed by atoms with E-state index in [0.717, 1.165) is 5.69 Å². The molecule has 16 heavy (non-hydrogen) atoms. The van der Waals surface area contributed by atoms with Gasteiger partial charge in [0.1, 0.15) is 6.33 Å². The van der Waals surface area contributed by atoms with Gasteiger partial charge in [0, 0.05) is 25.8 Å². The first-order chi connectivity index (χ1) is 7.70. The zero-order chi connectivity index (χ0) is 11.4. The minimum Gasteiger partial charge on any atom is -0.481 e. The van der Waals surface area contributed by atoms with Gasteiger partial charge in [-0.05, 0) is 6.07 Å². The molecule has 6 nitrogen and oxygen atoms in total. The molecule has 6 heteroatoms. The number of hydrogen-bond acceptors (Lipinski definition) is 5. The van der Waals surface area contributed by atoms with Crippen LogP contribution in [0, 0.1) is 0 Å². The van der Waals surface area contributed by atoms with Crippen LogP contribution in [0.25, 0.3) is 0 Å². The van der Waals surface area contributed by atoms with Gasteiger partial charge in [0.25, 0.3) is 0 Å². The number of carbonyl (C=O) groups is 1. The predicted octanol–water partition coefficient (Wildman–Crippen LogP) is -0.617. The fourth-order valence-corrected chi connectivity index (χ4v) is 1.73. The van der Waals surface area contributed by atoms with E-state index in [1.807, 2.05) is 6.07 Å². The average Bonchev–Trinajstić information content (AvgIpc) is 2.23. The van der Waals surface area contributed by atoms with Crippen molar-refractivity contribution in [2.24, 2.45) is 0 Å². The molecule has 86 valence electrons. The molecular weight excluding hydrogens is 208 g/mol. The van der Waals surface area contributed by atoms with Gasteiger partial charge in [-0.15, -0.1) is 0 Å². The van der Waals surface area contributed by atoms with E-state index in [4.69, 9.17) is 5.11 Å². The molecule has 0 saturated carbocycles. The lowest BCUT2D eigenvalue weighted by molar-refractivity contribution is -0.139. The molecule has 0 bridgehead atoms. The molecule has 0 atom stereocenters. The summed E-state index contributed by atoms with van der Waals surface area (Å²) in [6.45, 7) is 1.94. The number of aliphatic carboxylic acids is 1. The zero-order valence-electron chi connectivity index (χ0n) is 8.81. The summed E-state index contributed by atoms with van der Waals surface area (Å²) >= 11 is 0. The average molecular weight is 222 g/mol. The zero-order valence-corrected chi connectivity index (χ0v) is 8.81. The Hall–Kier alpha value is -1.53. The van der Waals surface area contributed by atoms with Crippen LogP contribution in [0.1, 0.15) is 12.1 Å². The quantitative estimate of drug-likeness (QED) is 0.615. The molecule has 0 radical (unpaired) electrons. The maximum atomic E-state index is 10.7. The van der Waals surface area contributed by atoms with Gasteiger partial charge in [-0.3, -0.25) is 4.79 Å². The molecule has 3 N–H and O–H groups in total. The summed E-state index contributed by atoms with van der Waals surface area (Å²) in [6.07, 6.45) is 3.29. The lowest BCUT2D eigenvalue weighted by Crippen LogP contribution is -2.68. The summed E-state index contributed by atoms with van der Waals surface area (Å²) < 4.78 is 0. The lowest BCUT2D eigenvalue weighted by atomic mass is 9.88. The highest BCUT2D eigenvalue weighted by atomic mass is 16.4. The van der Waals surface area contributed by atoms with Crippen LogP contribution in [-0.4, -0.2) is 39.7 Å². The normalized spacial score (nSPS) is 17.8. The van der Waals surface area contributed by atoms with Crippen LogP contribution >= 0.6 is 0 Å². The van der Waals surface area contributed by atoms with Crippen LogP contribution in [0.5, 0.6) is 0 Å². The molecule has 0 spiro atoms. The molecule has 1 aromatic rings. The van der Waals surface area contributed by atoms with Crippen molar-refractivity contribution < 1.29 is 9.90 Å². The third kappa shape index (κ3) is 2.53. The second kappa shape index (κ2) is 4.54. The first-order valence-electron chi connectivity index (χ1n) is 5.13. The number of carboxylic acids is 1. The molecule has 0 aromatic carbocycles. The van der Waals surface area contributed by atoms with Gasteiger partial charge in [-0.2, -0.15) is 0 Å². The largest absolute Gasteiger partial charge is 0.481 e. The first kappa shape index (κ1) is 11.0. The van der Waals surface area contributed by atoms with Gasteiger partial charge < -0.3 is 15.7 Å². The Morgan fingerprint density at radius 3 is 2.94 bits per heavy atom. The van der Waals surface area contributed by atoms with Crippen LogP contribution in [0.2, 0.25) is 0 Å². The molecule has 1 aromatic heterocycles. The first-order valence-corrected chi connectivity index (χ1v) is 5.13. The number of carboxylic acid groups (broad SMARTS) is 1. The summed E-state index contributed by atoms with van der Waals surface area (Å²) in [7, 11) is 0. The van der Waals surface area contributed by atoms with Crippen molar-refractivity contribution in [3.05, 3.63) is 24.3 Å². The summed E-state index contributed by atoms with van der Waals surface area (Å²) in [6, 6.07) is 1.81. The minimum atomic E-state index is -0.781. The number of hydrogen-bond donors (Lipinski definition) is 3. The highest BCUT2D eigenvalue weighted by molar-refractivity contribution is 5.68. The Morgan fingerprint density at radius 1 is 1.62 bits per heavy atom. The smallest absolute Gasteiger partial charge is 0.305 e. The molecule has 0 aliphatic carbocycles. The van der Waals surface area contributed by atoms with Gasteiger partial charge in [0.2, 0.25) is 0 Å². The van der Waals surface area contributed by atoms with Gasteiger partial charge >= 0.3 is 5.97 Å². The molecule has 1 aliphatic heterocycles. The number of nitrogens with zero attached hydrogens (tertiary/aromatic N) is 2. The summed E-state index contributed by atoms with van der Waals surface area (Å²) in [5.74, 6) is -0.781. The van der Waals surface area contributed by atoms with Crippen molar-refractivity contribution in [2.45, 2.75) is 18.5 Å². The predicted molar refractivity (Wildman–Crippen MR) is 56.7 cm³/mol. The highest BCUT2D eigenvalue weighted by Crippen LogP contribution is 2.16. The second-order valence-corrected chi connectivity index (χ2v) is 4.01. The van der Waals surface area contributed by atoms with Gasteiger partial charge in [0.05, 0.1) is 17.7 Å². The van der Waals surface area contributed by atoms with Gasteiger partial charge in [-0.1, -0.05) is 0 Å². The SMILES string of the molecule is O=C(O)CC1(NCc2ccncn2)CNC1. The molecule has 2 heterocycles. The molecule has 0 amide bonds. The van der Waals surface area contributed by atoms with Crippen molar-refractivity contribution in [2.75, 3.05) is 13.1 Å². The Morgan fingerprint density at radius 2 is 2.44 bits per heavy atom. The van der Waals surface area contributed by atoms with Crippen LogP contribution in [0.4, 0.5) is 0 Å². The van der Waals surface area contributed by atoms with E-state index in [1.165, 1.54) is 6.33 Å². The Balaban J connectivity index is 1.90. The van der Waals surface area contributed by atoms with Crippen LogP contribution in [-0.2, 0) is 11.3 Å². The summed E-state index contributed by atoms with van der Waals surface area (Å²) in [5.41, 5.74) is 0.545. The van der Waals surface area contributed by atoms with Crippen LogP contribution in [0.3, 0.4) is 0 Å². The third-order valence-corrected chi connectivity index (χ3v) is 2.70. The number of rotatable bonds is 5. The van der Waals surface area contributed by atoms with Crippen LogP contribution in [0.15, 0.2) is 18.6 Å². The lowest BCUT2D eigenvalue weighted by Gasteiger charge is -2.42. The highest BCUT2D eigenvalue weighted by Gasteiger charge is 2.38. The summed E-state index contributed by atoms with van der Waals surface area (Å²) in [4.78, 5) is 18.6. The minimum absolute atomic E-state index is 0.130. The maximum Gasteiger partial charge on any atom is 0.305 e. The summed E-state index contributed by atoms with van der Waals surface area (Å²) in [5, 5.41) is 15.1. The number of aromatic nitrogens is 2.